The van der Waals surface area contributed by atoms with Gasteiger partial charge in [0.15, 0.2) is 5.92 Å². The van der Waals surface area contributed by atoms with E-state index in [4.69, 9.17) is 0 Å². The minimum Gasteiger partial charge on any atom is -0.468 e. The van der Waals surface area contributed by atoms with Crippen molar-refractivity contribution in [3.63, 3.8) is 0 Å². The van der Waals surface area contributed by atoms with Crippen molar-refractivity contribution in [2.45, 2.75) is 19.3 Å². The van der Waals surface area contributed by atoms with Crippen molar-refractivity contribution in [2.24, 2.45) is 5.92 Å². The van der Waals surface area contributed by atoms with Crippen molar-refractivity contribution in [2.75, 3.05) is 14.2 Å². The molecule has 0 heterocycles. The van der Waals surface area contributed by atoms with Gasteiger partial charge in [-0.2, -0.15) is 0 Å². The Bertz CT molecular complexity index is 464. The predicted octanol–water partition coefficient (Wildman–Crippen LogP) is 1.71. The number of ketones is 1. The summed E-state index contributed by atoms with van der Waals surface area (Å²) < 4.78 is 9.34. The average molecular weight is 278 g/mol. The van der Waals surface area contributed by atoms with E-state index in [1.54, 1.807) is 24.3 Å². The highest BCUT2D eigenvalue weighted by Crippen LogP contribution is 2.30. The molecule has 5 nitrogen and oxygen atoms in total. The van der Waals surface area contributed by atoms with E-state index in [1.807, 2.05) is 6.07 Å². The zero-order valence-corrected chi connectivity index (χ0v) is 11.8. The van der Waals surface area contributed by atoms with Gasteiger partial charge in [-0.25, -0.2) is 0 Å². The highest BCUT2D eigenvalue weighted by Gasteiger charge is 2.38. The van der Waals surface area contributed by atoms with Crippen LogP contribution in [0.5, 0.6) is 0 Å². The molecule has 0 bridgehead atoms. The SMILES string of the molecule is COC(=O)C(C(=O)OC)[C@@H](CC(C)=O)c1ccccc1. The molecule has 0 aliphatic heterocycles. The van der Waals surface area contributed by atoms with Gasteiger partial charge in [0.05, 0.1) is 14.2 Å². The molecule has 0 N–H and O–H groups in total. The van der Waals surface area contributed by atoms with E-state index in [2.05, 4.69) is 9.47 Å². The monoisotopic (exact) mass is 278 g/mol. The van der Waals surface area contributed by atoms with Gasteiger partial charge < -0.3 is 14.3 Å². The van der Waals surface area contributed by atoms with Crippen LogP contribution in [0.2, 0.25) is 0 Å². The molecule has 0 saturated heterocycles. The molecule has 0 amide bonds. The lowest BCUT2D eigenvalue weighted by molar-refractivity contribution is -0.160. The van der Waals surface area contributed by atoms with Crippen molar-refractivity contribution in [3.8, 4) is 0 Å². The molecule has 108 valence electrons. The van der Waals surface area contributed by atoms with Crippen molar-refractivity contribution < 1.29 is 23.9 Å². The molecule has 1 aromatic carbocycles. The molecule has 20 heavy (non-hydrogen) atoms. The summed E-state index contributed by atoms with van der Waals surface area (Å²) in [7, 11) is 2.40. The number of esters is 2. The van der Waals surface area contributed by atoms with E-state index in [-0.39, 0.29) is 12.2 Å². The van der Waals surface area contributed by atoms with Crippen LogP contribution in [0.15, 0.2) is 30.3 Å². The first kappa shape index (κ1) is 15.9. The first-order chi connectivity index (χ1) is 9.51. The molecule has 0 saturated carbocycles. The second kappa shape index (κ2) is 7.43. The lowest BCUT2D eigenvalue weighted by Gasteiger charge is -2.22. The van der Waals surface area contributed by atoms with E-state index in [1.165, 1.54) is 21.1 Å². The molecule has 1 aromatic rings. The molecule has 1 rings (SSSR count). The van der Waals surface area contributed by atoms with Crippen LogP contribution in [0.1, 0.15) is 24.8 Å². The Morgan fingerprint density at radius 2 is 1.50 bits per heavy atom. The minimum absolute atomic E-state index is 0.0683. The fraction of sp³-hybridized carbons (Fsp3) is 0.400. The maximum absolute atomic E-state index is 11.9. The van der Waals surface area contributed by atoms with Crippen LogP contribution in [0.25, 0.3) is 0 Å². The number of hydrogen-bond acceptors (Lipinski definition) is 5. The molecule has 0 aliphatic rings. The summed E-state index contributed by atoms with van der Waals surface area (Å²) in [5.41, 5.74) is 0.725. The van der Waals surface area contributed by atoms with Gasteiger partial charge in [0.1, 0.15) is 5.78 Å². The fourth-order valence-electron chi connectivity index (χ4n) is 2.12. The average Bonchev–Trinajstić information content (AvgIpc) is 2.46. The van der Waals surface area contributed by atoms with Crippen LogP contribution in [-0.2, 0) is 23.9 Å². The third-order valence-electron chi connectivity index (χ3n) is 3.05. The van der Waals surface area contributed by atoms with Crippen molar-refractivity contribution in [3.05, 3.63) is 35.9 Å². The number of ether oxygens (including phenoxy) is 2. The van der Waals surface area contributed by atoms with E-state index >= 15 is 0 Å². The molecule has 0 radical (unpaired) electrons. The molecular weight excluding hydrogens is 260 g/mol. The lowest BCUT2D eigenvalue weighted by atomic mass is 9.82. The number of rotatable bonds is 6. The number of methoxy groups -OCH3 is 2. The number of carbonyl (C=O) groups is 3. The largest absolute Gasteiger partial charge is 0.468 e. The van der Waals surface area contributed by atoms with Crippen LogP contribution in [0.3, 0.4) is 0 Å². The molecular formula is C15H18O5. The van der Waals surface area contributed by atoms with Crippen LogP contribution < -0.4 is 0 Å². The van der Waals surface area contributed by atoms with Gasteiger partial charge >= 0.3 is 11.9 Å². The molecule has 0 spiro atoms. The highest BCUT2D eigenvalue weighted by molar-refractivity contribution is 5.96. The van der Waals surface area contributed by atoms with Gasteiger partial charge in [0.2, 0.25) is 0 Å². The molecule has 0 unspecified atom stereocenters. The van der Waals surface area contributed by atoms with Crippen LogP contribution in [-0.4, -0.2) is 31.9 Å². The van der Waals surface area contributed by atoms with Crippen LogP contribution in [0, 0.1) is 5.92 Å². The number of benzene rings is 1. The maximum atomic E-state index is 11.9. The Balaban J connectivity index is 3.21. The van der Waals surface area contributed by atoms with Crippen molar-refractivity contribution in [1.29, 1.82) is 0 Å². The smallest absolute Gasteiger partial charge is 0.320 e. The summed E-state index contributed by atoms with van der Waals surface area (Å²) in [6.07, 6.45) is 0.0683. The molecule has 1 atom stereocenters. The standard InChI is InChI=1S/C15H18O5/c1-10(16)9-12(11-7-5-4-6-8-11)13(14(17)19-2)15(18)20-3/h4-8,12-13H,9H2,1-3H3/t12-/m0/s1. The Morgan fingerprint density at radius 3 is 1.90 bits per heavy atom. The molecule has 5 heteroatoms. The van der Waals surface area contributed by atoms with Gasteiger partial charge in [-0.1, -0.05) is 30.3 Å². The van der Waals surface area contributed by atoms with Gasteiger partial charge in [0.25, 0.3) is 0 Å². The number of Topliss-reactive ketones (excluding diaryl/α,β-unsaturated/α-hetero) is 1. The molecule has 0 fully saturated rings. The zero-order chi connectivity index (χ0) is 15.1. The third-order valence-corrected chi connectivity index (χ3v) is 3.05. The van der Waals surface area contributed by atoms with E-state index in [0.717, 1.165) is 5.56 Å². The Labute approximate surface area is 117 Å². The van der Waals surface area contributed by atoms with Crippen molar-refractivity contribution >= 4 is 17.7 Å². The number of hydrogen-bond donors (Lipinski definition) is 0. The summed E-state index contributed by atoms with van der Waals surface area (Å²) in [6, 6.07) is 8.93. The summed E-state index contributed by atoms with van der Waals surface area (Å²) in [4.78, 5) is 35.2. The van der Waals surface area contributed by atoms with Gasteiger partial charge in [-0.3, -0.25) is 9.59 Å². The van der Waals surface area contributed by atoms with Crippen molar-refractivity contribution in [1.82, 2.24) is 0 Å². The van der Waals surface area contributed by atoms with E-state index in [0.29, 0.717) is 0 Å². The summed E-state index contributed by atoms with van der Waals surface area (Å²) in [6.45, 7) is 1.42. The highest BCUT2D eigenvalue weighted by atomic mass is 16.5. The zero-order valence-electron chi connectivity index (χ0n) is 11.8. The molecule has 0 aliphatic carbocycles. The molecule has 0 aromatic heterocycles. The summed E-state index contributed by atoms with van der Waals surface area (Å²) >= 11 is 0. The first-order valence-electron chi connectivity index (χ1n) is 6.21. The van der Waals surface area contributed by atoms with Gasteiger partial charge in [-0.15, -0.1) is 0 Å². The van der Waals surface area contributed by atoms with E-state index in [9.17, 15) is 14.4 Å². The Morgan fingerprint density at radius 1 is 1.00 bits per heavy atom. The topological polar surface area (TPSA) is 69.7 Å². The quantitative estimate of drug-likeness (QED) is 0.585. The van der Waals surface area contributed by atoms with Crippen LogP contribution in [0.4, 0.5) is 0 Å². The number of carbonyl (C=O) groups excluding carboxylic acids is 3. The first-order valence-corrected chi connectivity index (χ1v) is 6.21. The summed E-state index contributed by atoms with van der Waals surface area (Å²) in [5, 5.41) is 0. The van der Waals surface area contributed by atoms with E-state index < -0.39 is 23.8 Å². The minimum atomic E-state index is -1.14. The second-order valence-electron chi connectivity index (χ2n) is 4.45. The second-order valence-corrected chi connectivity index (χ2v) is 4.45. The van der Waals surface area contributed by atoms with Gasteiger partial charge in [-0.05, 0) is 12.5 Å². The Kier molecular flexibility index (Phi) is 5.90. The normalized spacial score (nSPS) is 11.8. The predicted molar refractivity (Wildman–Crippen MR) is 72.0 cm³/mol. The third kappa shape index (κ3) is 3.91. The maximum Gasteiger partial charge on any atom is 0.320 e. The van der Waals surface area contributed by atoms with Gasteiger partial charge in [0, 0.05) is 12.3 Å². The summed E-state index contributed by atoms with van der Waals surface area (Å²) in [5.74, 6) is -3.25. The lowest BCUT2D eigenvalue weighted by Crippen LogP contribution is -2.33. The Hall–Kier alpha value is -2.17. The fourth-order valence-corrected chi connectivity index (χ4v) is 2.12. The van der Waals surface area contributed by atoms with Crippen LogP contribution >= 0.6 is 0 Å².